The highest BCUT2D eigenvalue weighted by Gasteiger charge is 2.14. The van der Waals surface area contributed by atoms with E-state index in [0.29, 0.717) is 24.4 Å². The van der Waals surface area contributed by atoms with E-state index in [1.165, 1.54) is 13.2 Å². The summed E-state index contributed by atoms with van der Waals surface area (Å²) in [6.07, 6.45) is 0. The Kier molecular flexibility index (Phi) is 6.45. The zero-order valence-corrected chi connectivity index (χ0v) is 12.6. The minimum Gasteiger partial charge on any atom is -0.497 e. The monoisotopic (exact) mass is 282 g/mol. The lowest BCUT2D eigenvalue weighted by Crippen LogP contribution is -2.38. The maximum Gasteiger partial charge on any atom is 0.236 e. The summed E-state index contributed by atoms with van der Waals surface area (Å²) < 4.78 is 18.9. The second-order valence-corrected chi connectivity index (χ2v) is 4.56. The van der Waals surface area contributed by atoms with Crippen molar-refractivity contribution in [2.75, 3.05) is 26.7 Å². The average molecular weight is 282 g/mol. The number of hydrogen-bond donors (Lipinski definition) is 1. The fourth-order valence-electron chi connectivity index (χ4n) is 2.02. The van der Waals surface area contributed by atoms with E-state index in [1.807, 2.05) is 20.8 Å². The molecule has 0 fully saturated rings. The normalized spacial score (nSPS) is 12.1. The molecule has 1 amide bonds. The Hall–Kier alpha value is -1.62. The Balaban J connectivity index is 2.63. The fourth-order valence-corrected chi connectivity index (χ4v) is 2.02. The molecule has 5 heteroatoms. The molecule has 1 N–H and O–H groups in total. The molecule has 112 valence electrons. The molecule has 0 saturated carbocycles. The van der Waals surface area contributed by atoms with E-state index in [2.05, 4.69) is 5.32 Å². The van der Waals surface area contributed by atoms with Crippen molar-refractivity contribution in [3.8, 4) is 5.75 Å². The van der Waals surface area contributed by atoms with Gasteiger partial charge < -0.3 is 15.0 Å². The molecule has 0 heterocycles. The van der Waals surface area contributed by atoms with Crippen molar-refractivity contribution in [2.24, 2.45) is 0 Å². The van der Waals surface area contributed by atoms with Crippen LogP contribution in [0.15, 0.2) is 18.2 Å². The van der Waals surface area contributed by atoms with Crippen LogP contribution < -0.4 is 10.1 Å². The maximum absolute atomic E-state index is 13.9. The van der Waals surface area contributed by atoms with Crippen molar-refractivity contribution in [2.45, 2.75) is 26.8 Å². The number of likely N-dealkylation sites (N-methyl/N-ethyl adjacent to an activating group) is 1. The van der Waals surface area contributed by atoms with Crippen molar-refractivity contribution < 1.29 is 13.9 Å². The van der Waals surface area contributed by atoms with E-state index in [0.717, 1.165) is 0 Å². The van der Waals surface area contributed by atoms with Crippen LogP contribution in [0.25, 0.3) is 0 Å². The molecule has 0 aromatic heterocycles. The van der Waals surface area contributed by atoms with Gasteiger partial charge in [0.15, 0.2) is 0 Å². The van der Waals surface area contributed by atoms with E-state index in [-0.39, 0.29) is 24.3 Å². The van der Waals surface area contributed by atoms with Gasteiger partial charge in [0, 0.05) is 30.8 Å². The number of nitrogens with one attached hydrogen (secondary N) is 1. The molecule has 0 aliphatic heterocycles. The van der Waals surface area contributed by atoms with Crippen LogP contribution in [-0.2, 0) is 4.79 Å². The van der Waals surface area contributed by atoms with Crippen LogP contribution in [0, 0.1) is 5.82 Å². The second kappa shape index (κ2) is 7.85. The zero-order valence-electron chi connectivity index (χ0n) is 12.6. The molecule has 20 heavy (non-hydrogen) atoms. The topological polar surface area (TPSA) is 41.6 Å². The second-order valence-electron chi connectivity index (χ2n) is 4.56. The number of halogens is 1. The molecule has 0 spiro atoms. The Morgan fingerprint density at radius 2 is 2.05 bits per heavy atom. The average Bonchev–Trinajstić information content (AvgIpc) is 2.45. The third-order valence-corrected chi connectivity index (χ3v) is 3.35. The van der Waals surface area contributed by atoms with E-state index in [9.17, 15) is 9.18 Å². The molecule has 0 saturated heterocycles. The first-order valence-corrected chi connectivity index (χ1v) is 6.88. The number of benzene rings is 1. The largest absolute Gasteiger partial charge is 0.497 e. The molecule has 1 unspecified atom stereocenters. The minimum absolute atomic E-state index is 0.0239. The number of hydrogen-bond acceptors (Lipinski definition) is 3. The molecule has 1 rings (SSSR count). The van der Waals surface area contributed by atoms with Gasteiger partial charge in [-0.25, -0.2) is 4.39 Å². The van der Waals surface area contributed by atoms with Crippen molar-refractivity contribution in [1.29, 1.82) is 0 Å². The summed E-state index contributed by atoms with van der Waals surface area (Å²) in [7, 11) is 1.50. The van der Waals surface area contributed by atoms with E-state index >= 15 is 0 Å². The van der Waals surface area contributed by atoms with Gasteiger partial charge >= 0.3 is 0 Å². The highest BCUT2D eigenvalue weighted by molar-refractivity contribution is 5.78. The molecule has 0 aliphatic rings. The summed E-state index contributed by atoms with van der Waals surface area (Å²) in [5, 5.41) is 3.05. The number of methoxy groups -OCH3 is 1. The molecule has 1 aromatic carbocycles. The van der Waals surface area contributed by atoms with Gasteiger partial charge in [-0.1, -0.05) is 6.07 Å². The molecule has 4 nitrogen and oxygen atoms in total. The van der Waals surface area contributed by atoms with E-state index in [1.54, 1.807) is 17.0 Å². The Morgan fingerprint density at radius 3 is 2.55 bits per heavy atom. The Morgan fingerprint density at radius 1 is 1.40 bits per heavy atom. The van der Waals surface area contributed by atoms with Gasteiger partial charge in [-0.3, -0.25) is 4.79 Å². The van der Waals surface area contributed by atoms with E-state index < -0.39 is 0 Å². The third kappa shape index (κ3) is 4.20. The zero-order chi connectivity index (χ0) is 15.1. The first kappa shape index (κ1) is 16.4. The first-order valence-electron chi connectivity index (χ1n) is 6.88. The van der Waals surface area contributed by atoms with Gasteiger partial charge in [0.1, 0.15) is 11.6 Å². The standard InChI is InChI=1S/C15H23FN2O2/c1-5-18(6-2)15(19)10-17-11(3)13-8-7-12(20-4)9-14(13)16/h7-9,11,17H,5-6,10H2,1-4H3. The number of rotatable bonds is 7. The van der Waals surface area contributed by atoms with Crippen LogP contribution in [-0.4, -0.2) is 37.6 Å². The number of carbonyl (C=O) groups excluding carboxylic acids is 1. The smallest absolute Gasteiger partial charge is 0.236 e. The lowest BCUT2D eigenvalue weighted by atomic mass is 10.1. The predicted molar refractivity (Wildman–Crippen MR) is 77.3 cm³/mol. The maximum atomic E-state index is 13.9. The number of ether oxygens (including phenoxy) is 1. The molecular formula is C15H23FN2O2. The van der Waals surface area contributed by atoms with Gasteiger partial charge in [0.05, 0.1) is 13.7 Å². The van der Waals surface area contributed by atoms with Crippen molar-refractivity contribution in [1.82, 2.24) is 10.2 Å². The van der Waals surface area contributed by atoms with Crippen LogP contribution in [0.3, 0.4) is 0 Å². The summed E-state index contributed by atoms with van der Waals surface area (Å²) in [6.45, 7) is 7.28. The first-order chi connectivity index (χ1) is 9.53. The van der Waals surface area contributed by atoms with Crippen molar-refractivity contribution in [3.63, 3.8) is 0 Å². The fraction of sp³-hybridized carbons (Fsp3) is 0.533. The SMILES string of the molecule is CCN(CC)C(=O)CNC(C)c1ccc(OC)cc1F. The van der Waals surface area contributed by atoms with Crippen LogP contribution in [0.2, 0.25) is 0 Å². The summed E-state index contributed by atoms with van der Waals surface area (Å²) in [4.78, 5) is 13.6. The Labute approximate surface area is 119 Å². The van der Waals surface area contributed by atoms with Gasteiger partial charge in [0.2, 0.25) is 5.91 Å². The number of carbonyl (C=O) groups is 1. The summed E-state index contributed by atoms with van der Waals surface area (Å²) >= 11 is 0. The lowest BCUT2D eigenvalue weighted by Gasteiger charge is -2.21. The third-order valence-electron chi connectivity index (χ3n) is 3.35. The number of amides is 1. The molecule has 0 radical (unpaired) electrons. The molecule has 0 bridgehead atoms. The van der Waals surface area contributed by atoms with Gasteiger partial charge in [-0.2, -0.15) is 0 Å². The minimum atomic E-state index is -0.334. The molecule has 1 atom stereocenters. The van der Waals surface area contributed by atoms with Crippen LogP contribution >= 0.6 is 0 Å². The highest BCUT2D eigenvalue weighted by atomic mass is 19.1. The Bertz CT molecular complexity index is 447. The summed E-state index contributed by atoms with van der Waals surface area (Å²) in [6, 6.07) is 4.50. The van der Waals surface area contributed by atoms with Gasteiger partial charge in [-0.05, 0) is 26.8 Å². The van der Waals surface area contributed by atoms with Gasteiger partial charge in [-0.15, -0.1) is 0 Å². The molecule has 0 aliphatic carbocycles. The van der Waals surface area contributed by atoms with Gasteiger partial charge in [0.25, 0.3) is 0 Å². The summed E-state index contributed by atoms with van der Waals surface area (Å²) in [5.41, 5.74) is 0.526. The van der Waals surface area contributed by atoms with Crippen LogP contribution in [0.5, 0.6) is 5.75 Å². The van der Waals surface area contributed by atoms with Crippen LogP contribution in [0.1, 0.15) is 32.4 Å². The van der Waals surface area contributed by atoms with E-state index in [4.69, 9.17) is 4.74 Å². The number of nitrogens with zero attached hydrogens (tertiary/aromatic N) is 1. The van der Waals surface area contributed by atoms with Crippen molar-refractivity contribution >= 4 is 5.91 Å². The predicted octanol–water partition coefficient (Wildman–Crippen LogP) is 2.35. The van der Waals surface area contributed by atoms with Crippen LogP contribution in [0.4, 0.5) is 4.39 Å². The summed E-state index contributed by atoms with van der Waals surface area (Å²) in [5.74, 6) is 0.174. The quantitative estimate of drug-likeness (QED) is 0.834. The lowest BCUT2D eigenvalue weighted by molar-refractivity contribution is -0.129. The highest BCUT2D eigenvalue weighted by Crippen LogP contribution is 2.21. The van der Waals surface area contributed by atoms with Crippen molar-refractivity contribution in [3.05, 3.63) is 29.6 Å². The molecule has 1 aromatic rings. The molecular weight excluding hydrogens is 259 g/mol.